The van der Waals surface area contributed by atoms with E-state index in [1.54, 1.807) is 0 Å². The summed E-state index contributed by atoms with van der Waals surface area (Å²) < 4.78 is 2.38. The molecule has 0 aliphatic rings. The number of fused-ring (bicyclic) bond motifs is 3. The van der Waals surface area contributed by atoms with Gasteiger partial charge >= 0.3 is 0 Å². The molecule has 0 saturated carbocycles. The van der Waals surface area contributed by atoms with Crippen molar-refractivity contribution in [1.29, 1.82) is 0 Å². The zero-order valence-corrected chi connectivity index (χ0v) is 39.5. The molecule has 342 valence electrons. The molecule has 0 saturated heterocycles. The fraction of sp³-hybridized carbons (Fsp3) is 0. The van der Waals surface area contributed by atoms with Gasteiger partial charge in [0.1, 0.15) is 0 Å². The van der Waals surface area contributed by atoms with E-state index in [-0.39, 0.29) is 0 Å². The van der Waals surface area contributed by atoms with Crippen LogP contribution >= 0.6 is 0 Å². The third-order valence-corrected chi connectivity index (χ3v) is 13.3. The van der Waals surface area contributed by atoms with Gasteiger partial charge in [-0.3, -0.25) is 0 Å². The minimum atomic E-state index is 0.614. The fourth-order valence-electron chi connectivity index (χ4n) is 9.65. The third kappa shape index (κ3) is 8.51. The Bertz CT molecular complexity index is 3760. The van der Waals surface area contributed by atoms with E-state index in [1.807, 2.05) is 121 Å². The predicted octanol–water partition coefficient (Wildman–Crippen LogP) is 16.2. The smallest absolute Gasteiger partial charge is 0.164 e. The molecule has 0 aliphatic heterocycles. The zero-order chi connectivity index (χ0) is 48.5. The first-order chi connectivity index (χ1) is 36.1. The maximum absolute atomic E-state index is 5.05. The van der Waals surface area contributed by atoms with Crippen LogP contribution < -0.4 is 0 Å². The molecule has 0 atom stereocenters. The highest BCUT2D eigenvalue weighted by atomic mass is 15.0. The Balaban J connectivity index is 0.939. The molecule has 3 heterocycles. The summed E-state index contributed by atoms with van der Waals surface area (Å²) in [5, 5.41) is 2.27. The molecule has 0 amide bonds. The van der Waals surface area contributed by atoms with Crippen molar-refractivity contribution in [2.24, 2.45) is 0 Å². The summed E-state index contributed by atoms with van der Waals surface area (Å²) in [7, 11) is 0. The SMILES string of the molecule is c1ccc(-c2ccc(-n3c4ccc(-c5cccc(-c6nc(-c7ccccc7)nc(-c7ccccc7)n6)c5)cc4c4cc(-c5cccc(-c6nc(-c7ccccc7)nc(-c7ccccc7)n6)c5)ccc43)cc2)cc1. The first kappa shape index (κ1) is 43.1. The van der Waals surface area contributed by atoms with Gasteiger partial charge in [-0.2, -0.15) is 0 Å². The lowest BCUT2D eigenvalue weighted by molar-refractivity contribution is 1.07. The van der Waals surface area contributed by atoms with E-state index < -0.39 is 0 Å². The Morgan fingerprint density at radius 1 is 0.192 bits per heavy atom. The second kappa shape index (κ2) is 18.7. The van der Waals surface area contributed by atoms with Gasteiger partial charge in [-0.15, -0.1) is 0 Å². The average molecular weight is 934 g/mol. The Morgan fingerprint density at radius 2 is 0.452 bits per heavy atom. The van der Waals surface area contributed by atoms with E-state index in [2.05, 4.69) is 144 Å². The van der Waals surface area contributed by atoms with Gasteiger partial charge in [-0.25, -0.2) is 29.9 Å². The molecule has 0 spiro atoms. The van der Waals surface area contributed by atoms with Crippen LogP contribution in [0.4, 0.5) is 0 Å². The maximum Gasteiger partial charge on any atom is 0.164 e. The highest BCUT2D eigenvalue weighted by Gasteiger charge is 2.18. The van der Waals surface area contributed by atoms with E-state index in [0.717, 1.165) is 83.1 Å². The van der Waals surface area contributed by atoms with Crippen molar-refractivity contribution in [2.75, 3.05) is 0 Å². The maximum atomic E-state index is 5.05. The van der Waals surface area contributed by atoms with Crippen molar-refractivity contribution < 1.29 is 0 Å². The van der Waals surface area contributed by atoms with Gasteiger partial charge in [0.15, 0.2) is 34.9 Å². The zero-order valence-electron chi connectivity index (χ0n) is 39.5. The number of nitrogens with zero attached hydrogens (tertiary/aromatic N) is 7. The highest BCUT2D eigenvalue weighted by molar-refractivity contribution is 6.11. The number of hydrogen-bond acceptors (Lipinski definition) is 6. The van der Waals surface area contributed by atoms with E-state index >= 15 is 0 Å². The molecule has 0 bridgehead atoms. The highest BCUT2D eigenvalue weighted by Crippen LogP contribution is 2.39. The van der Waals surface area contributed by atoms with Crippen molar-refractivity contribution in [3.63, 3.8) is 0 Å². The summed E-state index contributed by atoms with van der Waals surface area (Å²) in [6.07, 6.45) is 0. The molecule has 13 rings (SSSR count). The molecule has 7 heteroatoms. The Morgan fingerprint density at radius 3 is 0.808 bits per heavy atom. The molecule has 7 nitrogen and oxygen atoms in total. The average Bonchev–Trinajstić information content (AvgIpc) is 3.81. The standard InChI is InChI=1S/C66H43N7/c1-6-18-44(19-7-1)45-32-36-56(37-33-45)73-59-38-34-52(50-28-16-30-54(40-50)65-69-61(46-20-8-2-9-21-46)67-62(70-65)47-22-10-3-11-23-47)42-57(59)58-43-53(35-39-60(58)73)51-29-17-31-55(41-51)66-71-63(48-24-12-4-13-25-48)68-64(72-66)49-26-14-5-15-27-49/h1-43H. The molecular formula is C66H43N7. The van der Waals surface area contributed by atoms with Crippen LogP contribution in [-0.4, -0.2) is 34.5 Å². The van der Waals surface area contributed by atoms with Gasteiger partial charge in [0.2, 0.25) is 0 Å². The lowest BCUT2D eigenvalue weighted by Crippen LogP contribution is -2.00. The van der Waals surface area contributed by atoms with Crippen LogP contribution in [0.25, 0.3) is 129 Å². The van der Waals surface area contributed by atoms with Gasteiger partial charge < -0.3 is 4.57 Å². The minimum absolute atomic E-state index is 0.614. The summed E-state index contributed by atoms with van der Waals surface area (Å²) in [5.41, 5.74) is 15.5. The first-order valence-electron chi connectivity index (χ1n) is 24.3. The van der Waals surface area contributed by atoms with E-state index in [0.29, 0.717) is 34.9 Å². The van der Waals surface area contributed by atoms with Crippen LogP contribution in [0.2, 0.25) is 0 Å². The summed E-state index contributed by atoms with van der Waals surface area (Å²) in [5.74, 6) is 3.74. The Kier molecular flexibility index (Phi) is 11.1. The molecule has 0 unspecified atom stereocenters. The first-order valence-corrected chi connectivity index (χ1v) is 24.3. The largest absolute Gasteiger partial charge is 0.309 e. The van der Waals surface area contributed by atoms with Crippen LogP contribution in [0.5, 0.6) is 0 Å². The molecule has 0 N–H and O–H groups in total. The quantitative estimate of drug-likeness (QED) is 0.136. The van der Waals surface area contributed by atoms with E-state index in [1.165, 1.54) is 11.1 Å². The Hall–Kier alpha value is -9.98. The van der Waals surface area contributed by atoms with Gasteiger partial charge in [0.05, 0.1) is 11.0 Å². The lowest BCUT2D eigenvalue weighted by atomic mass is 9.98. The third-order valence-electron chi connectivity index (χ3n) is 13.3. The van der Waals surface area contributed by atoms with Crippen molar-refractivity contribution >= 4 is 21.8 Å². The monoisotopic (exact) mass is 933 g/mol. The molecular weight excluding hydrogens is 891 g/mol. The van der Waals surface area contributed by atoms with Crippen molar-refractivity contribution in [1.82, 2.24) is 34.5 Å². The van der Waals surface area contributed by atoms with Crippen LogP contribution in [-0.2, 0) is 0 Å². The van der Waals surface area contributed by atoms with Crippen LogP contribution in [0, 0.1) is 0 Å². The van der Waals surface area contributed by atoms with Crippen LogP contribution in [0.3, 0.4) is 0 Å². The molecule has 3 aromatic heterocycles. The summed E-state index contributed by atoms with van der Waals surface area (Å²) in [6, 6.07) is 90.4. The normalized spacial score (nSPS) is 11.3. The molecule has 0 aliphatic carbocycles. The number of hydrogen-bond donors (Lipinski definition) is 0. The second-order valence-corrected chi connectivity index (χ2v) is 18.0. The molecule has 73 heavy (non-hydrogen) atoms. The number of aromatic nitrogens is 7. The van der Waals surface area contributed by atoms with Crippen molar-refractivity contribution in [3.05, 3.63) is 261 Å². The lowest BCUT2D eigenvalue weighted by Gasteiger charge is -2.11. The predicted molar refractivity (Wildman–Crippen MR) is 296 cm³/mol. The van der Waals surface area contributed by atoms with E-state index in [9.17, 15) is 0 Å². The van der Waals surface area contributed by atoms with Crippen LogP contribution in [0.15, 0.2) is 261 Å². The van der Waals surface area contributed by atoms with Crippen LogP contribution in [0.1, 0.15) is 0 Å². The topological polar surface area (TPSA) is 82.3 Å². The minimum Gasteiger partial charge on any atom is -0.309 e. The van der Waals surface area contributed by atoms with Gasteiger partial charge in [0.25, 0.3) is 0 Å². The summed E-state index contributed by atoms with van der Waals surface area (Å²) >= 11 is 0. The fourth-order valence-corrected chi connectivity index (χ4v) is 9.65. The number of rotatable bonds is 10. The summed E-state index contributed by atoms with van der Waals surface area (Å²) in [6.45, 7) is 0. The van der Waals surface area contributed by atoms with Crippen molar-refractivity contribution in [3.8, 4) is 107 Å². The van der Waals surface area contributed by atoms with Gasteiger partial charge in [0, 0.05) is 49.8 Å². The Labute approximate surface area is 422 Å². The second-order valence-electron chi connectivity index (χ2n) is 18.0. The van der Waals surface area contributed by atoms with Gasteiger partial charge in [-0.05, 0) is 81.9 Å². The molecule has 10 aromatic carbocycles. The molecule has 13 aromatic rings. The molecule has 0 radical (unpaired) electrons. The van der Waals surface area contributed by atoms with Gasteiger partial charge in [-0.1, -0.05) is 212 Å². The number of benzene rings is 10. The summed E-state index contributed by atoms with van der Waals surface area (Å²) in [4.78, 5) is 30.1. The van der Waals surface area contributed by atoms with Crippen molar-refractivity contribution in [2.45, 2.75) is 0 Å². The van der Waals surface area contributed by atoms with E-state index in [4.69, 9.17) is 29.9 Å². The molecule has 0 fully saturated rings.